The van der Waals surface area contributed by atoms with Gasteiger partial charge in [0, 0.05) is 35.3 Å². The molecule has 106 valence electrons. The van der Waals surface area contributed by atoms with Crippen LogP contribution in [0.5, 0.6) is 0 Å². The second-order valence-electron chi connectivity index (χ2n) is 6.40. The summed E-state index contributed by atoms with van der Waals surface area (Å²) < 4.78 is 0. The Morgan fingerprint density at radius 2 is 1.89 bits per heavy atom. The van der Waals surface area contributed by atoms with E-state index in [0.29, 0.717) is 12.0 Å². The van der Waals surface area contributed by atoms with E-state index in [1.165, 1.54) is 10.6 Å². The number of rotatable bonds is 3. The lowest BCUT2D eigenvalue weighted by Gasteiger charge is -2.47. The molecular weight excluding hydrogens is 252 g/mol. The Morgan fingerprint density at radius 3 is 2.42 bits per heavy atom. The SMILES string of the molecule is CSc1ccc(N2CC(C)(C)NCC2C(C)C)cc1. The maximum Gasteiger partial charge on any atom is 0.0438 e. The van der Waals surface area contributed by atoms with Crippen molar-refractivity contribution < 1.29 is 0 Å². The summed E-state index contributed by atoms with van der Waals surface area (Å²) in [6.07, 6.45) is 2.12. The van der Waals surface area contributed by atoms with Gasteiger partial charge in [0.05, 0.1) is 0 Å². The maximum atomic E-state index is 3.67. The van der Waals surface area contributed by atoms with E-state index in [4.69, 9.17) is 0 Å². The fourth-order valence-corrected chi connectivity index (χ4v) is 3.15. The zero-order valence-corrected chi connectivity index (χ0v) is 13.6. The van der Waals surface area contributed by atoms with E-state index in [2.05, 4.69) is 68.4 Å². The first-order valence-electron chi connectivity index (χ1n) is 7.09. The first kappa shape index (κ1) is 14.7. The minimum atomic E-state index is 0.184. The molecule has 2 nitrogen and oxygen atoms in total. The second-order valence-corrected chi connectivity index (χ2v) is 7.28. The van der Waals surface area contributed by atoms with Gasteiger partial charge in [0.2, 0.25) is 0 Å². The normalized spacial score (nSPS) is 22.8. The lowest BCUT2D eigenvalue weighted by atomic mass is 9.92. The van der Waals surface area contributed by atoms with Crippen LogP contribution in [0.2, 0.25) is 0 Å². The first-order chi connectivity index (χ1) is 8.93. The first-order valence-corrected chi connectivity index (χ1v) is 8.31. The highest BCUT2D eigenvalue weighted by molar-refractivity contribution is 7.98. The molecule has 0 amide bonds. The van der Waals surface area contributed by atoms with Crippen molar-refractivity contribution in [2.24, 2.45) is 5.92 Å². The van der Waals surface area contributed by atoms with Gasteiger partial charge in [0.15, 0.2) is 0 Å². The van der Waals surface area contributed by atoms with E-state index in [9.17, 15) is 0 Å². The van der Waals surface area contributed by atoms with Crippen LogP contribution in [0.15, 0.2) is 29.2 Å². The molecule has 0 aliphatic carbocycles. The summed E-state index contributed by atoms with van der Waals surface area (Å²) in [5.74, 6) is 0.656. The Labute approximate surface area is 122 Å². The van der Waals surface area contributed by atoms with Crippen molar-refractivity contribution in [2.75, 3.05) is 24.2 Å². The molecule has 1 aliphatic rings. The highest BCUT2D eigenvalue weighted by Gasteiger charge is 2.33. The molecule has 0 spiro atoms. The summed E-state index contributed by atoms with van der Waals surface area (Å²) >= 11 is 1.80. The number of piperazine rings is 1. The van der Waals surface area contributed by atoms with Crippen LogP contribution in [0.3, 0.4) is 0 Å². The Hall–Kier alpha value is -0.670. The van der Waals surface area contributed by atoms with Crippen LogP contribution in [0, 0.1) is 5.92 Å². The predicted molar refractivity (Wildman–Crippen MR) is 86.3 cm³/mol. The highest BCUT2D eigenvalue weighted by atomic mass is 32.2. The fraction of sp³-hybridized carbons (Fsp3) is 0.625. The summed E-state index contributed by atoms with van der Waals surface area (Å²) in [6.45, 7) is 11.3. The van der Waals surface area contributed by atoms with Crippen molar-refractivity contribution in [1.82, 2.24) is 5.32 Å². The van der Waals surface area contributed by atoms with E-state index >= 15 is 0 Å². The maximum absolute atomic E-state index is 3.67. The van der Waals surface area contributed by atoms with Crippen molar-refractivity contribution in [3.05, 3.63) is 24.3 Å². The Balaban J connectivity index is 2.25. The number of anilines is 1. The summed E-state index contributed by atoms with van der Waals surface area (Å²) in [5.41, 5.74) is 1.54. The van der Waals surface area contributed by atoms with Crippen LogP contribution < -0.4 is 10.2 Å². The smallest absolute Gasteiger partial charge is 0.0438 e. The largest absolute Gasteiger partial charge is 0.365 e. The third-order valence-corrected chi connectivity index (χ3v) is 4.67. The number of benzene rings is 1. The number of hydrogen-bond donors (Lipinski definition) is 1. The molecule has 1 heterocycles. The molecule has 0 aromatic heterocycles. The van der Waals surface area contributed by atoms with Gasteiger partial charge in [0.25, 0.3) is 0 Å². The average molecular weight is 278 g/mol. The topological polar surface area (TPSA) is 15.3 Å². The Bertz CT molecular complexity index is 411. The molecule has 1 aromatic carbocycles. The monoisotopic (exact) mass is 278 g/mol. The van der Waals surface area contributed by atoms with Gasteiger partial charge in [0.1, 0.15) is 0 Å². The van der Waals surface area contributed by atoms with Crippen molar-refractivity contribution in [1.29, 1.82) is 0 Å². The molecule has 1 saturated heterocycles. The van der Waals surface area contributed by atoms with E-state index in [1.807, 2.05) is 0 Å². The lowest BCUT2D eigenvalue weighted by Crippen LogP contribution is -2.63. The zero-order valence-electron chi connectivity index (χ0n) is 12.7. The molecule has 0 radical (unpaired) electrons. The molecule has 3 heteroatoms. The zero-order chi connectivity index (χ0) is 14.0. The summed E-state index contributed by atoms with van der Waals surface area (Å²) in [4.78, 5) is 3.91. The minimum Gasteiger partial charge on any atom is -0.365 e. The van der Waals surface area contributed by atoms with Crippen LogP contribution >= 0.6 is 11.8 Å². The summed E-state index contributed by atoms with van der Waals surface area (Å²) in [6, 6.07) is 9.57. The van der Waals surface area contributed by atoms with Crippen molar-refractivity contribution >= 4 is 17.4 Å². The van der Waals surface area contributed by atoms with Gasteiger partial charge >= 0.3 is 0 Å². The number of hydrogen-bond acceptors (Lipinski definition) is 3. The van der Waals surface area contributed by atoms with Crippen LogP contribution in [-0.4, -0.2) is 30.9 Å². The van der Waals surface area contributed by atoms with Crippen molar-refractivity contribution in [3.63, 3.8) is 0 Å². The Morgan fingerprint density at radius 1 is 1.26 bits per heavy atom. The van der Waals surface area contributed by atoms with Gasteiger partial charge in [-0.2, -0.15) is 0 Å². The molecule has 0 bridgehead atoms. The van der Waals surface area contributed by atoms with Gasteiger partial charge < -0.3 is 10.2 Å². The third-order valence-electron chi connectivity index (χ3n) is 3.93. The molecule has 1 aliphatic heterocycles. The molecule has 1 N–H and O–H groups in total. The summed E-state index contributed by atoms with van der Waals surface area (Å²) in [5, 5.41) is 3.67. The van der Waals surface area contributed by atoms with Gasteiger partial charge in [-0.3, -0.25) is 0 Å². The molecular formula is C16H26N2S. The standard InChI is InChI=1S/C16H26N2S/c1-12(2)15-10-17-16(3,4)11-18(15)13-6-8-14(19-5)9-7-13/h6-9,12,15,17H,10-11H2,1-5H3. The minimum absolute atomic E-state index is 0.184. The van der Waals surface area contributed by atoms with E-state index < -0.39 is 0 Å². The van der Waals surface area contributed by atoms with Crippen LogP contribution in [0.25, 0.3) is 0 Å². The van der Waals surface area contributed by atoms with Gasteiger partial charge in [-0.25, -0.2) is 0 Å². The number of nitrogens with zero attached hydrogens (tertiary/aromatic N) is 1. The van der Waals surface area contributed by atoms with Gasteiger partial charge in [-0.15, -0.1) is 11.8 Å². The Kier molecular flexibility index (Phi) is 4.46. The second kappa shape index (κ2) is 5.76. The summed E-state index contributed by atoms with van der Waals surface area (Å²) in [7, 11) is 0. The van der Waals surface area contributed by atoms with Crippen LogP contribution in [0.4, 0.5) is 5.69 Å². The molecule has 1 fully saturated rings. The average Bonchev–Trinajstić information content (AvgIpc) is 2.37. The molecule has 0 saturated carbocycles. The van der Waals surface area contributed by atoms with Crippen LogP contribution in [0.1, 0.15) is 27.7 Å². The molecule has 1 atom stereocenters. The third kappa shape index (κ3) is 3.46. The van der Waals surface area contributed by atoms with E-state index in [-0.39, 0.29) is 5.54 Å². The molecule has 19 heavy (non-hydrogen) atoms. The van der Waals surface area contributed by atoms with Crippen molar-refractivity contribution in [3.8, 4) is 0 Å². The predicted octanol–water partition coefficient (Wildman–Crippen LogP) is 3.62. The number of thioether (sulfide) groups is 1. The van der Waals surface area contributed by atoms with E-state index in [0.717, 1.165) is 13.1 Å². The van der Waals surface area contributed by atoms with Gasteiger partial charge in [-0.1, -0.05) is 13.8 Å². The number of nitrogens with one attached hydrogen (secondary N) is 1. The molecule has 2 rings (SSSR count). The molecule has 1 unspecified atom stereocenters. The fourth-order valence-electron chi connectivity index (χ4n) is 2.74. The quantitative estimate of drug-likeness (QED) is 0.850. The van der Waals surface area contributed by atoms with Crippen molar-refractivity contribution in [2.45, 2.75) is 44.2 Å². The molecule has 1 aromatic rings. The highest BCUT2D eigenvalue weighted by Crippen LogP contribution is 2.28. The van der Waals surface area contributed by atoms with E-state index in [1.54, 1.807) is 11.8 Å². The lowest BCUT2D eigenvalue weighted by molar-refractivity contribution is 0.277. The van der Waals surface area contributed by atoms with Gasteiger partial charge in [-0.05, 0) is 50.3 Å². The van der Waals surface area contributed by atoms with Crippen LogP contribution in [-0.2, 0) is 0 Å².